The van der Waals surface area contributed by atoms with Gasteiger partial charge in [-0.25, -0.2) is 4.98 Å². The molecule has 0 aliphatic heterocycles. The Bertz CT molecular complexity index is 677. The molecule has 0 aliphatic carbocycles. The molecule has 0 radical (unpaired) electrons. The standard InChI is InChI=1S/C16H14N2OS/c1-19-14-6-4-12(5-7-14)9-16-18-15(11-20-16)13-3-2-8-17-10-13/h2-8,10-11H,9H2,1H3. The third-order valence-electron chi connectivity index (χ3n) is 3.02. The van der Waals surface area contributed by atoms with Crippen molar-refractivity contribution in [1.29, 1.82) is 0 Å². The Hall–Kier alpha value is -2.20. The summed E-state index contributed by atoms with van der Waals surface area (Å²) in [6.45, 7) is 0. The van der Waals surface area contributed by atoms with E-state index in [1.807, 2.05) is 30.5 Å². The van der Waals surface area contributed by atoms with Crippen LogP contribution in [0.1, 0.15) is 10.6 Å². The fourth-order valence-electron chi connectivity index (χ4n) is 1.96. The summed E-state index contributed by atoms with van der Waals surface area (Å²) in [5.74, 6) is 0.879. The molecule has 0 amide bonds. The molecule has 0 saturated carbocycles. The molecular formula is C16H14N2OS. The average molecular weight is 282 g/mol. The molecule has 2 heterocycles. The Morgan fingerprint density at radius 1 is 1.15 bits per heavy atom. The van der Waals surface area contributed by atoms with Crippen molar-refractivity contribution in [3.63, 3.8) is 0 Å². The summed E-state index contributed by atoms with van der Waals surface area (Å²) >= 11 is 1.68. The van der Waals surface area contributed by atoms with Crippen molar-refractivity contribution in [3.8, 4) is 17.0 Å². The van der Waals surface area contributed by atoms with Gasteiger partial charge in [-0.05, 0) is 29.8 Å². The van der Waals surface area contributed by atoms with Gasteiger partial charge in [0.1, 0.15) is 5.75 Å². The minimum absolute atomic E-state index is 0.842. The zero-order valence-corrected chi connectivity index (χ0v) is 11.9. The topological polar surface area (TPSA) is 35.0 Å². The van der Waals surface area contributed by atoms with Crippen molar-refractivity contribution in [2.24, 2.45) is 0 Å². The third kappa shape index (κ3) is 2.86. The van der Waals surface area contributed by atoms with Gasteiger partial charge in [-0.3, -0.25) is 4.98 Å². The Labute approximate surface area is 121 Å². The van der Waals surface area contributed by atoms with E-state index in [1.165, 1.54) is 5.56 Å². The first kappa shape index (κ1) is 12.8. The number of pyridine rings is 1. The lowest BCUT2D eigenvalue weighted by atomic mass is 10.1. The van der Waals surface area contributed by atoms with Gasteiger partial charge < -0.3 is 4.74 Å². The van der Waals surface area contributed by atoms with Crippen LogP contribution in [0.15, 0.2) is 54.2 Å². The molecule has 4 heteroatoms. The molecule has 0 bridgehead atoms. The first-order chi connectivity index (χ1) is 9.85. The van der Waals surface area contributed by atoms with Crippen LogP contribution >= 0.6 is 11.3 Å². The van der Waals surface area contributed by atoms with Gasteiger partial charge in [0, 0.05) is 29.8 Å². The maximum absolute atomic E-state index is 5.16. The average Bonchev–Trinajstić information content (AvgIpc) is 2.97. The maximum Gasteiger partial charge on any atom is 0.118 e. The summed E-state index contributed by atoms with van der Waals surface area (Å²) in [4.78, 5) is 8.79. The lowest BCUT2D eigenvalue weighted by Crippen LogP contribution is -1.89. The minimum atomic E-state index is 0.842. The predicted octanol–water partition coefficient (Wildman–Crippen LogP) is 3.80. The number of benzene rings is 1. The number of thiazole rings is 1. The Kier molecular flexibility index (Phi) is 3.74. The molecule has 2 aromatic heterocycles. The molecule has 0 unspecified atom stereocenters. The van der Waals surface area contributed by atoms with Crippen molar-refractivity contribution in [2.45, 2.75) is 6.42 Å². The molecule has 3 rings (SSSR count). The van der Waals surface area contributed by atoms with Crippen LogP contribution in [0.25, 0.3) is 11.3 Å². The minimum Gasteiger partial charge on any atom is -0.497 e. The van der Waals surface area contributed by atoms with E-state index in [9.17, 15) is 0 Å². The summed E-state index contributed by atoms with van der Waals surface area (Å²) in [6, 6.07) is 12.1. The van der Waals surface area contributed by atoms with Gasteiger partial charge in [-0.1, -0.05) is 12.1 Å². The highest BCUT2D eigenvalue weighted by Gasteiger charge is 2.05. The summed E-state index contributed by atoms with van der Waals surface area (Å²) in [7, 11) is 1.68. The quantitative estimate of drug-likeness (QED) is 0.730. The Balaban J connectivity index is 1.77. The van der Waals surface area contributed by atoms with E-state index >= 15 is 0 Å². The number of hydrogen-bond donors (Lipinski definition) is 0. The molecular weight excluding hydrogens is 268 g/mol. The van der Waals surface area contributed by atoms with E-state index in [4.69, 9.17) is 4.74 Å². The molecule has 0 spiro atoms. The highest BCUT2D eigenvalue weighted by atomic mass is 32.1. The van der Waals surface area contributed by atoms with Crippen LogP contribution in [0, 0.1) is 0 Å². The van der Waals surface area contributed by atoms with Crippen molar-refractivity contribution < 1.29 is 4.74 Å². The van der Waals surface area contributed by atoms with Crippen LogP contribution in [0.3, 0.4) is 0 Å². The summed E-state index contributed by atoms with van der Waals surface area (Å²) in [5.41, 5.74) is 3.29. The molecule has 3 aromatic rings. The largest absolute Gasteiger partial charge is 0.497 e. The second-order valence-electron chi connectivity index (χ2n) is 4.39. The van der Waals surface area contributed by atoms with E-state index in [0.29, 0.717) is 0 Å². The van der Waals surface area contributed by atoms with Crippen molar-refractivity contribution in [2.75, 3.05) is 7.11 Å². The van der Waals surface area contributed by atoms with Gasteiger partial charge >= 0.3 is 0 Å². The second kappa shape index (κ2) is 5.84. The molecule has 0 atom stereocenters. The lowest BCUT2D eigenvalue weighted by Gasteiger charge is -2.01. The van der Waals surface area contributed by atoms with Gasteiger partial charge in [0.2, 0.25) is 0 Å². The summed E-state index contributed by atoms with van der Waals surface area (Å²) in [6.07, 6.45) is 4.45. The van der Waals surface area contributed by atoms with E-state index in [0.717, 1.165) is 28.4 Å². The van der Waals surface area contributed by atoms with Crippen LogP contribution in [0.4, 0.5) is 0 Å². The molecule has 1 aromatic carbocycles. The van der Waals surface area contributed by atoms with Gasteiger partial charge in [0.15, 0.2) is 0 Å². The normalized spacial score (nSPS) is 10.4. The van der Waals surface area contributed by atoms with Gasteiger partial charge in [-0.2, -0.15) is 0 Å². The molecule has 0 saturated heterocycles. The van der Waals surface area contributed by atoms with Crippen LogP contribution in [0.5, 0.6) is 5.75 Å². The maximum atomic E-state index is 5.16. The smallest absolute Gasteiger partial charge is 0.118 e. The summed E-state index contributed by atoms with van der Waals surface area (Å²) in [5, 5.41) is 3.18. The van der Waals surface area contributed by atoms with Crippen LogP contribution in [0.2, 0.25) is 0 Å². The highest BCUT2D eigenvalue weighted by molar-refractivity contribution is 7.10. The molecule has 0 fully saturated rings. The Morgan fingerprint density at radius 3 is 2.70 bits per heavy atom. The summed E-state index contributed by atoms with van der Waals surface area (Å²) < 4.78 is 5.16. The predicted molar refractivity (Wildman–Crippen MR) is 81.1 cm³/mol. The number of hydrogen-bond acceptors (Lipinski definition) is 4. The van der Waals surface area contributed by atoms with Gasteiger partial charge in [-0.15, -0.1) is 11.3 Å². The van der Waals surface area contributed by atoms with Crippen molar-refractivity contribution in [3.05, 3.63) is 64.7 Å². The van der Waals surface area contributed by atoms with E-state index in [1.54, 1.807) is 24.6 Å². The van der Waals surface area contributed by atoms with E-state index < -0.39 is 0 Å². The monoisotopic (exact) mass is 282 g/mol. The molecule has 20 heavy (non-hydrogen) atoms. The number of aromatic nitrogens is 2. The first-order valence-corrected chi connectivity index (χ1v) is 7.21. The third-order valence-corrected chi connectivity index (χ3v) is 3.87. The zero-order valence-electron chi connectivity index (χ0n) is 11.1. The van der Waals surface area contributed by atoms with E-state index in [-0.39, 0.29) is 0 Å². The van der Waals surface area contributed by atoms with Crippen LogP contribution in [-0.4, -0.2) is 17.1 Å². The van der Waals surface area contributed by atoms with E-state index in [2.05, 4.69) is 27.5 Å². The SMILES string of the molecule is COc1ccc(Cc2nc(-c3cccnc3)cs2)cc1. The number of nitrogens with zero attached hydrogens (tertiary/aromatic N) is 2. The fraction of sp³-hybridized carbons (Fsp3) is 0.125. The highest BCUT2D eigenvalue weighted by Crippen LogP contribution is 2.23. The second-order valence-corrected chi connectivity index (χ2v) is 5.34. The lowest BCUT2D eigenvalue weighted by molar-refractivity contribution is 0.414. The molecule has 0 N–H and O–H groups in total. The van der Waals surface area contributed by atoms with Crippen molar-refractivity contribution in [1.82, 2.24) is 9.97 Å². The Morgan fingerprint density at radius 2 is 2.00 bits per heavy atom. The molecule has 0 aliphatic rings. The molecule has 100 valence electrons. The molecule has 3 nitrogen and oxygen atoms in total. The number of methoxy groups -OCH3 is 1. The number of rotatable bonds is 4. The van der Waals surface area contributed by atoms with Crippen LogP contribution < -0.4 is 4.74 Å². The number of ether oxygens (including phenoxy) is 1. The zero-order chi connectivity index (χ0) is 13.8. The van der Waals surface area contributed by atoms with Crippen LogP contribution in [-0.2, 0) is 6.42 Å². The van der Waals surface area contributed by atoms with Gasteiger partial charge in [0.25, 0.3) is 0 Å². The fourth-order valence-corrected chi connectivity index (χ4v) is 2.79. The van der Waals surface area contributed by atoms with Gasteiger partial charge in [0.05, 0.1) is 17.8 Å². The van der Waals surface area contributed by atoms with Crippen molar-refractivity contribution >= 4 is 11.3 Å². The first-order valence-electron chi connectivity index (χ1n) is 6.33.